The van der Waals surface area contributed by atoms with Gasteiger partial charge in [-0.2, -0.15) is 0 Å². The second-order valence-corrected chi connectivity index (χ2v) is 3.58. The first-order valence-corrected chi connectivity index (χ1v) is 5.54. The van der Waals surface area contributed by atoms with Gasteiger partial charge in [-0.15, -0.1) is 0 Å². The van der Waals surface area contributed by atoms with E-state index >= 15 is 0 Å². The fourth-order valence-electron chi connectivity index (χ4n) is 1.60. The minimum Gasteiger partial charge on any atom is -0.660 e. The zero-order valence-corrected chi connectivity index (χ0v) is 9.92. The fourth-order valence-corrected chi connectivity index (χ4v) is 1.60. The Labute approximate surface area is 104 Å². The van der Waals surface area contributed by atoms with E-state index in [1.54, 1.807) is 6.92 Å². The van der Waals surface area contributed by atoms with Crippen LogP contribution < -0.4 is 4.68 Å². The third-order valence-corrected chi connectivity index (χ3v) is 2.34. The lowest BCUT2D eigenvalue weighted by molar-refractivity contribution is -0.742. The van der Waals surface area contributed by atoms with Gasteiger partial charge in [0.05, 0.1) is 12.2 Å². The molecular formula is C12H13N3O3. The van der Waals surface area contributed by atoms with Crippen LogP contribution in [0.25, 0.3) is 17.0 Å². The van der Waals surface area contributed by atoms with E-state index < -0.39 is 5.97 Å². The number of benzene rings is 1. The highest BCUT2D eigenvalue weighted by molar-refractivity contribution is 5.70. The van der Waals surface area contributed by atoms with Gasteiger partial charge in [-0.3, -0.25) is 0 Å². The smallest absolute Gasteiger partial charge is 0.375 e. The number of carbonyl (C=O) groups excluding carboxylic acids is 1. The van der Waals surface area contributed by atoms with Crippen molar-refractivity contribution in [3.8, 4) is 11.3 Å². The van der Waals surface area contributed by atoms with Crippen molar-refractivity contribution in [2.75, 3.05) is 6.61 Å². The van der Waals surface area contributed by atoms with Gasteiger partial charge in [-0.25, -0.2) is 4.79 Å². The summed E-state index contributed by atoms with van der Waals surface area (Å²) < 4.78 is 11.0. The van der Waals surface area contributed by atoms with Crippen molar-refractivity contribution in [3.63, 3.8) is 0 Å². The second kappa shape index (κ2) is 5.31. The first kappa shape index (κ1) is 12.1. The van der Waals surface area contributed by atoms with Crippen molar-refractivity contribution in [3.05, 3.63) is 36.1 Å². The lowest BCUT2D eigenvalue weighted by Gasteiger charge is -1.99. The molecular weight excluding hydrogens is 234 g/mol. The van der Waals surface area contributed by atoms with E-state index in [0.717, 1.165) is 5.56 Å². The molecule has 1 N–H and O–H groups in total. The van der Waals surface area contributed by atoms with E-state index in [-0.39, 0.29) is 12.4 Å². The number of hydrogen-bond donors (Lipinski definition) is 0. The molecule has 2 rings (SSSR count). The van der Waals surface area contributed by atoms with E-state index in [9.17, 15) is 4.79 Å². The molecule has 0 aliphatic rings. The highest BCUT2D eigenvalue weighted by Crippen LogP contribution is 2.24. The van der Waals surface area contributed by atoms with Crippen LogP contribution in [0.5, 0.6) is 0 Å². The van der Waals surface area contributed by atoms with Gasteiger partial charge >= 0.3 is 5.97 Å². The molecule has 94 valence electrons. The monoisotopic (exact) mass is 247 g/mol. The molecule has 6 heteroatoms. The molecule has 0 unspecified atom stereocenters. The Bertz CT molecular complexity index is 537. The normalized spacial score (nSPS) is 10.3. The van der Waals surface area contributed by atoms with E-state index in [2.05, 4.69) is 5.27 Å². The van der Waals surface area contributed by atoms with Crippen LogP contribution in [0.3, 0.4) is 0 Å². The Morgan fingerprint density at radius 1 is 1.44 bits per heavy atom. The lowest BCUT2D eigenvalue weighted by Crippen LogP contribution is -2.42. The predicted octanol–water partition coefficient (Wildman–Crippen LogP) is 1.88. The van der Waals surface area contributed by atoms with Gasteiger partial charge < -0.3 is 15.0 Å². The van der Waals surface area contributed by atoms with Crippen molar-refractivity contribution in [2.24, 2.45) is 0 Å². The number of hydrogen-bond acceptors (Lipinski definition) is 4. The Kier molecular flexibility index (Phi) is 3.57. The Morgan fingerprint density at radius 3 is 2.83 bits per heavy atom. The summed E-state index contributed by atoms with van der Waals surface area (Å²) in [7, 11) is 0. The molecule has 0 aliphatic heterocycles. The molecule has 1 aromatic carbocycles. The van der Waals surface area contributed by atoms with Crippen LogP contribution in [-0.2, 0) is 16.1 Å². The largest absolute Gasteiger partial charge is 0.660 e. The van der Waals surface area contributed by atoms with Gasteiger partial charge in [0, 0.05) is 0 Å². The van der Waals surface area contributed by atoms with Crippen LogP contribution in [0.2, 0.25) is 0 Å². The molecule has 0 amide bonds. The zero-order valence-electron chi connectivity index (χ0n) is 9.92. The Morgan fingerprint density at radius 2 is 2.17 bits per heavy atom. The fraction of sp³-hybridized carbons (Fsp3) is 0.250. The summed E-state index contributed by atoms with van der Waals surface area (Å²) in [6.07, 6.45) is 0. The number of rotatable bonds is 4. The summed E-state index contributed by atoms with van der Waals surface area (Å²) in [6, 6.07) is 9.21. The van der Waals surface area contributed by atoms with Gasteiger partial charge in [-0.05, 0) is 23.7 Å². The zero-order chi connectivity index (χ0) is 13.0. The van der Waals surface area contributed by atoms with Gasteiger partial charge in [0.2, 0.25) is 0 Å². The molecule has 0 bridgehead atoms. The van der Waals surface area contributed by atoms with Crippen molar-refractivity contribution in [2.45, 2.75) is 13.5 Å². The molecule has 1 heterocycles. The number of esters is 1. The lowest BCUT2D eigenvalue weighted by atomic mass is 10.1. The summed E-state index contributed by atoms with van der Waals surface area (Å²) in [6.45, 7) is 1.98. The summed E-state index contributed by atoms with van der Waals surface area (Å²) in [5, 5.41) is 3.67. The van der Waals surface area contributed by atoms with Crippen LogP contribution in [0, 0.1) is 0 Å². The van der Waals surface area contributed by atoms with Crippen molar-refractivity contribution in [1.82, 2.24) is 5.27 Å². The molecule has 0 spiro atoms. The maximum absolute atomic E-state index is 11.4. The van der Waals surface area contributed by atoms with E-state index in [1.165, 1.54) is 4.68 Å². The average molecular weight is 247 g/mol. The maximum Gasteiger partial charge on any atom is 0.375 e. The molecule has 2 aromatic rings. The summed E-state index contributed by atoms with van der Waals surface area (Å²) in [5.41, 5.74) is 8.91. The van der Waals surface area contributed by atoms with Gasteiger partial charge in [0.15, 0.2) is 5.27 Å². The summed E-state index contributed by atoms with van der Waals surface area (Å²) in [5.74, 6) is -0.488. The number of aromatic nitrogens is 2. The minimum absolute atomic E-state index is 0.0690. The average Bonchev–Trinajstić information content (AvgIpc) is 2.72. The standard InChI is InChI=1S/C12H13N3O3/c1-2-17-10(16)8-15-11(12(13)18-14-15)9-6-4-3-5-7-9/h3-7H,2,8H2,1H3,(H-,13,14). The summed E-state index contributed by atoms with van der Waals surface area (Å²) >= 11 is 0. The van der Waals surface area contributed by atoms with Crippen molar-refractivity contribution >= 4 is 11.9 Å². The second-order valence-electron chi connectivity index (χ2n) is 3.58. The van der Waals surface area contributed by atoms with Crippen LogP contribution >= 0.6 is 0 Å². The number of nitrogens with one attached hydrogen (secondary N) is 1. The minimum atomic E-state index is -0.409. The van der Waals surface area contributed by atoms with Crippen LogP contribution in [0.4, 0.5) is 5.88 Å². The highest BCUT2D eigenvalue weighted by atomic mass is 16.5. The maximum atomic E-state index is 11.4. The third kappa shape index (κ3) is 2.48. The van der Waals surface area contributed by atoms with Gasteiger partial charge in [-0.1, -0.05) is 18.2 Å². The molecule has 0 atom stereocenters. The van der Waals surface area contributed by atoms with Crippen LogP contribution in [-0.4, -0.2) is 17.8 Å². The molecule has 6 nitrogen and oxygen atoms in total. The number of ether oxygens (including phenoxy) is 1. The number of nitrogens with zero attached hydrogens (tertiary/aromatic N) is 2. The first-order valence-electron chi connectivity index (χ1n) is 5.54. The van der Waals surface area contributed by atoms with Crippen molar-refractivity contribution in [1.29, 1.82) is 0 Å². The van der Waals surface area contributed by atoms with E-state index in [1.807, 2.05) is 30.3 Å². The molecule has 0 radical (unpaired) electrons. The Balaban J connectivity index is 2.31. The molecule has 0 saturated heterocycles. The van der Waals surface area contributed by atoms with Gasteiger partial charge in [0.1, 0.15) is 5.88 Å². The van der Waals surface area contributed by atoms with E-state index in [4.69, 9.17) is 15.0 Å². The highest BCUT2D eigenvalue weighted by Gasteiger charge is 2.23. The van der Waals surface area contributed by atoms with Crippen molar-refractivity contribution < 1.29 is 18.7 Å². The van der Waals surface area contributed by atoms with Crippen LogP contribution in [0.1, 0.15) is 6.92 Å². The predicted molar refractivity (Wildman–Crippen MR) is 62.7 cm³/mol. The topological polar surface area (TPSA) is 80.0 Å². The molecule has 18 heavy (non-hydrogen) atoms. The molecule has 0 saturated carbocycles. The number of carbonyl (C=O) groups is 1. The quantitative estimate of drug-likeness (QED) is 0.610. The molecule has 0 aliphatic carbocycles. The first-order chi connectivity index (χ1) is 8.72. The Hall–Kier alpha value is -2.37. The van der Waals surface area contributed by atoms with E-state index in [0.29, 0.717) is 12.3 Å². The third-order valence-electron chi connectivity index (χ3n) is 2.34. The molecule has 1 aromatic heterocycles. The summed E-state index contributed by atoms with van der Waals surface area (Å²) in [4.78, 5) is 11.4. The van der Waals surface area contributed by atoms with Gasteiger partial charge in [0.25, 0.3) is 12.2 Å². The SMILES string of the molecule is CCOC(=O)C[n+]1noc([NH-])c1-c1ccccc1. The van der Waals surface area contributed by atoms with Crippen LogP contribution in [0.15, 0.2) is 34.9 Å². The molecule has 0 fully saturated rings.